The van der Waals surface area contributed by atoms with Gasteiger partial charge < -0.3 is 10.1 Å². The third-order valence-corrected chi connectivity index (χ3v) is 1.64. The van der Waals surface area contributed by atoms with Crippen molar-refractivity contribution in [1.82, 2.24) is 20.1 Å². The standard InChI is InChI=1S/C8H16N4O/c1-3-9-6-8-10-7-12(11-8)4-5-13-2/h7,9H,3-6H2,1-2H3. The summed E-state index contributed by atoms with van der Waals surface area (Å²) in [7, 11) is 1.68. The predicted octanol–water partition coefficient (Wildman–Crippen LogP) is 0.0340. The summed E-state index contributed by atoms with van der Waals surface area (Å²) in [5.74, 6) is 0.831. The Labute approximate surface area is 78.1 Å². The molecule has 74 valence electrons. The van der Waals surface area contributed by atoms with Crippen molar-refractivity contribution >= 4 is 0 Å². The van der Waals surface area contributed by atoms with E-state index in [1.807, 2.05) is 0 Å². The van der Waals surface area contributed by atoms with Crippen LogP contribution in [0, 0.1) is 0 Å². The Morgan fingerprint density at radius 3 is 3.15 bits per heavy atom. The fourth-order valence-electron chi connectivity index (χ4n) is 0.944. The van der Waals surface area contributed by atoms with Crippen molar-refractivity contribution < 1.29 is 4.74 Å². The van der Waals surface area contributed by atoms with Crippen molar-refractivity contribution in [3.05, 3.63) is 12.2 Å². The van der Waals surface area contributed by atoms with Gasteiger partial charge in [0.15, 0.2) is 5.82 Å². The van der Waals surface area contributed by atoms with Gasteiger partial charge in [0.05, 0.1) is 19.7 Å². The van der Waals surface area contributed by atoms with Gasteiger partial charge in [-0.3, -0.25) is 4.68 Å². The maximum atomic E-state index is 4.93. The van der Waals surface area contributed by atoms with Crippen LogP contribution in [0.25, 0.3) is 0 Å². The Bertz CT molecular complexity index is 213. The zero-order chi connectivity index (χ0) is 9.52. The van der Waals surface area contributed by atoms with Crippen molar-refractivity contribution in [2.24, 2.45) is 0 Å². The molecule has 0 aromatic carbocycles. The molecule has 5 heteroatoms. The molecule has 0 aliphatic rings. The second kappa shape index (κ2) is 5.66. The van der Waals surface area contributed by atoms with Crippen molar-refractivity contribution in [2.45, 2.75) is 20.0 Å². The third kappa shape index (κ3) is 3.52. The van der Waals surface area contributed by atoms with Gasteiger partial charge in [0.1, 0.15) is 6.33 Å². The average molecular weight is 184 g/mol. The van der Waals surface area contributed by atoms with Crippen molar-refractivity contribution in [1.29, 1.82) is 0 Å². The number of hydrogen-bond acceptors (Lipinski definition) is 4. The fourth-order valence-corrected chi connectivity index (χ4v) is 0.944. The summed E-state index contributed by atoms with van der Waals surface area (Å²) >= 11 is 0. The number of aromatic nitrogens is 3. The molecule has 0 saturated carbocycles. The second-order valence-electron chi connectivity index (χ2n) is 2.70. The van der Waals surface area contributed by atoms with E-state index < -0.39 is 0 Å². The van der Waals surface area contributed by atoms with E-state index in [9.17, 15) is 0 Å². The molecule has 0 aliphatic carbocycles. The summed E-state index contributed by atoms with van der Waals surface area (Å²) in [6.45, 7) is 5.16. The molecule has 0 saturated heterocycles. The van der Waals surface area contributed by atoms with Gasteiger partial charge in [-0.2, -0.15) is 5.10 Å². The van der Waals surface area contributed by atoms with Gasteiger partial charge in [-0.1, -0.05) is 6.92 Å². The lowest BCUT2D eigenvalue weighted by Crippen LogP contribution is -2.13. The molecule has 1 heterocycles. The second-order valence-corrected chi connectivity index (χ2v) is 2.70. The average Bonchev–Trinajstić information content (AvgIpc) is 2.59. The minimum Gasteiger partial charge on any atom is -0.383 e. The van der Waals surface area contributed by atoms with Gasteiger partial charge in [0.25, 0.3) is 0 Å². The van der Waals surface area contributed by atoms with E-state index in [1.165, 1.54) is 0 Å². The number of rotatable bonds is 6. The highest BCUT2D eigenvalue weighted by molar-refractivity contribution is 4.80. The zero-order valence-corrected chi connectivity index (χ0v) is 8.16. The lowest BCUT2D eigenvalue weighted by atomic mass is 10.6. The van der Waals surface area contributed by atoms with Crippen LogP contribution in [0.4, 0.5) is 0 Å². The fraction of sp³-hybridized carbons (Fsp3) is 0.750. The Balaban J connectivity index is 2.34. The molecule has 0 aliphatic heterocycles. The highest BCUT2D eigenvalue weighted by Gasteiger charge is 1.98. The topological polar surface area (TPSA) is 52.0 Å². The van der Waals surface area contributed by atoms with Gasteiger partial charge in [-0.05, 0) is 6.54 Å². The van der Waals surface area contributed by atoms with Crippen molar-refractivity contribution in [3.8, 4) is 0 Å². The lowest BCUT2D eigenvalue weighted by Gasteiger charge is -1.98. The molecule has 1 aromatic rings. The zero-order valence-electron chi connectivity index (χ0n) is 8.16. The maximum Gasteiger partial charge on any atom is 0.164 e. The first kappa shape index (κ1) is 10.1. The molecule has 0 spiro atoms. The number of hydrogen-bond donors (Lipinski definition) is 1. The quantitative estimate of drug-likeness (QED) is 0.678. The minimum atomic E-state index is 0.671. The molecule has 5 nitrogen and oxygen atoms in total. The number of methoxy groups -OCH3 is 1. The largest absolute Gasteiger partial charge is 0.383 e. The van der Waals surface area contributed by atoms with Crippen LogP contribution in [0.5, 0.6) is 0 Å². The van der Waals surface area contributed by atoms with Crippen LogP contribution in [-0.4, -0.2) is 35.0 Å². The van der Waals surface area contributed by atoms with Gasteiger partial charge in [-0.15, -0.1) is 0 Å². The molecule has 0 atom stereocenters. The van der Waals surface area contributed by atoms with Gasteiger partial charge in [0.2, 0.25) is 0 Å². The molecule has 1 aromatic heterocycles. The third-order valence-electron chi connectivity index (χ3n) is 1.64. The molecule has 0 bridgehead atoms. The van der Waals surface area contributed by atoms with Crippen molar-refractivity contribution in [3.63, 3.8) is 0 Å². The predicted molar refractivity (Wildman–Crippen MR) is 49.3 cm³/mol. The van der Waals surface area contributed by atoms with E-state index in [2.05, 4.69) is 22.3 Å². The van der Waals surface area contributed by atoms with E-state index in [-0.39, 0.29) is 0 Å². The molecule has 0 radical (unpaired) electrons. The van der Waals surface area contributed by atoms with Crippen LogP contribution >= 0.6 is 0 Å². The van der Waals surface area contributed by atoms with E-state index in [0.717, 1.165) is 25.5 Å². The molecule has 0 fully saturated rings. The first-order valence-electron chi connectivity index (χ1n) is 4.44. The summed E-state index contributed by atoms with van der Waals surface area (Å²) in [5.41, 5.74) is 0. The van der Waals surface area contributed by atoms with E-state index >= 15 is 0 Å². The number of ether oxygens (including phenoxy) is 1. The smallest absolute Gasteiger partial charge is 0.164 e. The molecule has 1 rings (SSSR count). The summed E-state index contributed by atoms with van der Waals surface area (Å²) in [6, 6.07) is 0. The Kier molecular flexibility index (Phi) is 4.42. The first-order chi connectivity index (χ1) is 6.36. The monoisotopic (exact) mass is 184 g/mol. The van der Waals surface area contributed by atoms with Crippen molar-refractivity contribution in [2.75, 3.05) is 20.3 Å². The van der Waals surface area contributed by atoms with Crippen LogP contribution in [0.3, 0.4) is 0 Å². The summed E-state index contributed by atoms with van der Waals surface area (Å²) in [6.07, 6.45) is 1.73. The first-order valence-corrected chi connectivity index (χ1v) is 4.44. The maximum absolute atomic E-state index is 4.93. The van der Waals surface area contributed by atoms with Crippen LogP contribution in [0.1, 0.15) is 12.7 Å². The normalized spacial score (nSPS) is 10.6. The van der Waals surface area contributed by atoms with Crippen LogP contribution in [0.15, 0.2) is 6.33 Å². The molecule has 13 heavy (non-hydrogen) atoms. The minimum absolute atomic E-state index is 0.671. The van der Waals surface area contributed by atoms with E-state index in [1.54, 1.807) is 18.1 Å². The highest BCUT2D eigenvalue weighted by Crippen LogP contribution is 1.89. The Morgan fingerprint density at radius 2 is 2.46 bits per heavy atom. The Morgan fingerprint density at radius 1 is 1.62 bits per heavy atom. The van der Waals surface area contributed by atoms with Gasteiger partial charge in [-0.25, -0.2) is 4.98 Å². The van der Waals surface area contributed by atoms with Gasteiger partial charge >= 0.3 is 0 Å². The molecule has 0 amide bonds. The molecular weight excluding hydrogens is 168 g/mol. The number of nitrogens with one attached hydrogen (secondary N) is 1. The van der Waals surface area contributed by atoms with E-state index in [0.29, 0.717) is 6.61 Å². The molecule has 0 unspecified atom stereocenters. The summed E-state index contributed by atoms with van der Waals surface area (Å²) < 4.78 is 6.72. The summed E-state index contributed by atoms with van der Waals surface area (Å²) in [4.78, 5) is 4.14. The molecular formula is C8H16N4O. The van der Waals surface area contributed by atoms with Gasteiger partial charge in [0, 0.05) is 7.11 Å². The van der Waals surface area contributed by atoms with Crippen LogP contribution in [-0.2, 0) is 17.8 Å². The highest BCUT2D eigenvalue weighted by atomic mass is 16.5. The Hall–Kier alpha value is -0.940. The van der Waals surface area contributed by atoms with E-state index in [4.69, 9.17) is 4.74 Å². The number of nitrogens with zero attached hydrogens (tertiary/aromatic N) is 3. The summed E-state index contributed by atoms with van der Waals surface area (Å²) in [5, 5.41) is 7.41. The van der Waals surface area contributed by atoms with Crippen LogP contribution in [0.2, 0.25) is 0 Å². The van der Waals surface area contributed by atoms with Crippen LogP contribution < -0.4 is 5.32 Å². The molecule has 1 N–H and O–H groups in total. The SMILES string of the molecule is CCNCc1ncn(CCOC)n1. The lowest BCUT2D eigenvalue weighted by molar-refractivity contribution is 0.183.